The molecule has 0 radical (unpaired) electrons. The Bertz CT molecular complexity index is 355. The van der Waals surface area contributed by atoms with E-state index in [0.29, 0.717) is 18.7 Å². The number of aromatic nitrogens is 1. The van der Waals surface area contributed by atoms with E-state index in [4.69, 9.17) is 9.84 Å². The maximum atomic E-state index is 11.1. The molecule has 0 amide bonds. The number of rotatable bonds is 6. The third-order valence-corrected chi connectivity index (χ3v) is 2.29. The van der Waals surface area contributed by atoms with Crippen LogP contribution in [0.15, 0.2) is 18.5 Å². The number of nitrogens with zero attached hydrogens (tertiary/aromatic N) is 1. The summed E-state index contributed by atoms with van der Waals surface area (Å²) >= 11 is 0. The molecule has 5 nitrogen and oxygen atoms in total. The molecule has 1 heterocycles. The molecular weight excluding hydrogens is 208 g/mol. The van der Waals surface area contributed by atoms with Crippen molar-refractivity contribution in [2.75, 3.05) is 20.3 Å². The van der Waals surface area contributed by atoms with Crippen LogP contribution in [0, 0.1) is 6.92 Å². The zero-order valence-corrected chi connectivity index (χ0v) is 9.43. The molecule has 0 fully saturated rings. The highest BCUT2D eigenvalue weighted by Gasteiger charge is 2.20. The van der Waals surface area contributed by atoms with Gasteiger partial charge in [0.1, 0.15) is 6.04 Å². The molecule has 1 atom stereocenters. The molecule has 16 heavy (non-hydrogen) atoms. The van der Waals surface area contributed by atoms with Crippen LogP contribution in [0.3, 0.4) is 0 Å². The fraction of sp³-hybridized carbons (Fsp3) is 0.455. The number of hydrogen-bond acceptors (Lipinski definition) is 4. The lowest BCUT2D eigenvalue weighted by Crippen LogP contribution is -2.31. The van der Waals surface area contributed by atoms with Gasteiger partial charge in [-0.25, -0.2) is 0 Å². The van der Waals surface area contributed by atoms with Crippen molar-refractivity contribution in [1.29, 1.82) is 0 Å². The summed E-state index contributed by atoms with van der Waals surface area (Å²) in [6, 6.07) is 1.06. The molecule has 0 aliphatic rings. The topological polar surface area (TPSA) is 71.5 Å². The third kappa shape index (κ3) is 3.29. The van der Waals surface area contributed by atoms with E-state index in [9.17, 15) is 4.79 Å². The second-order valence-corrected chi connectivity index (χ2v) is 3.45. The van der Waals surface area contributed by atoms with Crippen LogP contribution in [0.25, 0.3) is 0 Å². The number of ether oxygens (including phenoxy) is 1. The van der Waals surface area contributed by atoms with Crippen LogP contribution >= 0.6 is 0 Å². The summed E-state index contributed by atoms with van der Waals surface area (Å²) in [5.41, 5.74) is 1.60. The predicted molar refractivity (Wildman–Crippen MR) is 59.2 cm³/mol. The average Bonchev–Trinajstić information content (AvgIpc) is 2.25. The monoisotopic (exact) mass is 224 g/mol. The molecule has 0 aliphatic carbocycles. The van der Waals surface area contributed by atoms with E-state index >= 15 is 0 Å². The van der Waals surface area contributed by atoms with Crippen molar-refractivity contribution in [2.45, 2.75) is 13.0 Å². The van der Waals surface area contributed by atoms with Gasteiger partial charge in [0.05, 0.1) is 6.61 Å². The number of carboxylic acids is 1. The number of carbonyl (C=O) groups is 1. The third-order valence-electron chi connectivity index (χ3n) is 2.29. The number of carboxylic acid groups (broad SMARTS) is 1. The molecule has 0 aromatic carbocycles. The lowest BCUT2D eigenvalue weighted by Gasteiger charge is -2.16. The molecule has 0 bridgehead atoms. The zero-order chi connectivity index (χ0) is 12.0. The number of nitrogens with one attached hydrogen (secondary N) is 1. The molecule has 1 aromatic heterocycles. The van der Waals surface area contributed by atoms with E-state index in [1.54, 1.807) is 25.6 Å². The van der Waals surface area contributed by atoms with Gasteiger partial charge in [-0.05, 0) is 18.6 Å². The first-order chi connectivity index (χ1) is 7.66. The Morgan fingerprint density at radius 2 is 2.44 bits per heavy atom. The van der Waals surface area contributed by atoms with Crippen LogP contribution in [-0.2, 0) is 9.53 Å². The molecule has 88 valence electrons. The molecule has 0 spiro atoms. The Balaban J connectivity index is 2.78. The minimum Gasteiger partial charge on any atom is -0.480 e. The second kappa shape index (κ2) is 6.19. The molecule has 1 rings (SSSR count). The number of aliphatic carboxylic acids is 1. The quantitative estimate of drug-likeness (QED) is 0.698. The van der Waals surface area contributed by atoms with Crippen LogP contribution in [0.5, 0.6) is 0 Å². The Labute approximate surface area is 94.5 Å². The number of hydrogen-bond donors (Lipinski definition) is 2. The summed E-state index contributed by atoms with van der Waals surface area (Å²) in [6.07, 6.45) is 3.22. The lowest BCUT2D eigenvalue weighted by atomic mass is 10.0. The van der Waals surface area contributed by atoms with E-state index in [0.717, 1.165) is 5.56 Å². The van der Waals surface area contributed by atoms with Gasteiger partial charge < -0.3 is 9.84 Å². The minimum atomic E-state index is -0.910. The Kier molecular flexibility index (Phi) is 4.88. The van der Waals surface area contributed by atoms with Crippen molar-refractivity contribution >= 4 is 5.97 Å². The van der Waals surface area contributed by atoms with Gasteiger partial charge in [0, 0.05) is 31.6 Å². The van der Waals surface area contributed by atoms with Crippen molar-refractivity contribution in [2.24, 2.45) is 0 Å². The summed E-state index contributed by atoms with van der Waals surface area (Å²) in [6.45, 7) is 2.83. The van der Waals surface area contributed by atoms with Crippen LogP contribution < -0.4 is 5.32 Å². The summed E-state index contributed by atoms with van der Waals surface area (Å²) < 4.78 is 4.87. The first-order valence-electron chi connectivity index (χ1n) is 5.02. The van der Waals surface area contributed by atoms with Gasteiger partial charge in [0.25, 0.3) is 0 Å². The van der Waals surface area contributed by atoms with Gasteiger partial charge in [-0.2, -0.15) is 0 Å². The minimum absolute atomic E-state index is 0.475. The van der Waals surface area contributed by atoms with E-state index < -0.39 is 12.0 Å². The fourth-order valence-electron chi connectivity index (χ4n) is 1.41. The Morgan fingerprint density at radius 1 is 1.69 bits per heavy atom. The van der Waals surface area contributed by atoms with E-state index in [2.05, 4.69) is 10.3 Å². The predicted octanol–water partition coefficient (Wildman–Crippen LogP) is 0.752. The average molecular weight is 224 g/mol. The zero-order valence-electron chi connectivity index (χ0n) is 9.43. The van der Waals surface area contributed by atoms with Gasteiger partial charge in [-0.1, -0.05) is 0 Å². The van der Waals surface area contributed by atoms with Crippen molar-refractivity contribution in [3.63, 3.8) is 0 Å². The van der Waals surface area contributed by atoms with Crippen molar-refractivity contribution in [3.05, 3.63) is 29.6 Å². The lowest BCUT2D eigenvalue weighted by molar-refractivity contribution is -0.139. The largest absolute Gasteiger partial charge is 0.480 e. The summed E-state index contributed by atoms with van der Waals surface area (Å²) in [5.74, 6) is -0.910. The molecule has 2 N–H and O–H groups in total. The SMILES string of the molecule is COCCNC(C(=O)O)c1cnccc1C. The van der Waals surface area contributed by atoms with Gasteiger partial charge in [0.2, 0.25) is 0 Å². The van der Waals surface area contributed by atoms with E-state index in [1.807, 2.05) is 6.92 Å². The van der Waals surface area contributed by atoms with Crippen molar-refractivity contribution in [3.8, 4) is 0 Å². The van der Waals surface area contributed by atoms with Gasteiger partial charge in [0.15, 0.2) is 0 Å². The normalized spacial score (nSPS) is 12.4. The van der Waals surface area contributed by atoms with E-state index in [-0.39, 0.29) is 0 Å². The summed E-state index contributed by atoms with van der Waals surface area (Å²) in [4.78, 5) is 15.1. The van der Waals surface area contributed by atoms with Gasteiger partial charge in [-0.15, -0.1) is 0 Å². The smallest absolute Gasteiger partial charge is 0.325 e. The van der Waals surface area contributed by atoms with Crippen LogP contribution in [0.2, 0.25) is 0 Å². The molecule has 5 heteroatoms. The van der Waals surface area contributed by atoms with Crippen LogP contribution in [-0.4, -0.2) is 36.3 Å². The number of aryl methyl sites for hydroxylation is 1. The summed E-state index contributed by atoms with van der Waals surface area (Å²) in [7, 11) is 1.58. The standard InChI is InChI=1S/C11H16N2O3/c1-8-3-4-12-7-9(8)10(11(14)15)13-5-6-16-2/h3-4,7,10,13H,5-6H2,1-2H3,(H,14,15). The number of methoxy groups -OCH3 is 1. The fourth-order valence-corrected chi connectivity index (χ4v) is 1.41. The van der Waals surface area contributed by atoms with Crippen molar-refractivity contribution < 1.29 is 14.6 Å². The maximum absolute atomic E-state index is 11.1. The second-order valence-electron chi connectivity index (χ2n) is 3.45. The highest BCUT2D eigenvalue weighted by atomic mass is 16.5. The molecule has 0 saturated heterocycles. The highest BCUT2D eigenvalue weighted by Crippen LogP contribution is 2.16. The Morgan fingerprint density at radius 3 is 3.00 bits per heavy atom. The van der Waals surface area contributed by atoms with Gasteiger partial charge >= 0.3 is 5.97 Å². The van der Waals surface area contributed by atoms with E-state index in [1.165, 1.54) is 0 Å². The van der Waals surface area contributed by atoms with Gasteiger partial charge in [-0.3, -0.25) is 15.1 Å². The van der Waals surface area contributed by atoms with Crippen LogP contribution in [0.4, 0.5) is 0 Å². The first-order valence-corrected chi connectivity index (χ1v) is 5.02. The molecule has 1 unspecified atom stereocenters. The van der Waals surface area contributed by atoms with Crippen LogP contribution in [0.1, 0.15) is 17.2 Å². The summed E-state index contributed by atoms with van der Waals surface area (Å²) in [5, 5.41) is 12.0. The Hall–Kier alpha value is -1.46. The maximum Gasteiger partial charge on any atom is 0.325 e. The molecule has 0 aliphatic heterocycles. The number of pyridine rings is 1. The molecule has 0 saturated carbocycles. The highest BCUT2D eigenvalue weighted by molar-refractivity contribution is 5.75. The van der Waals surface area contributed by atoms with Crippen molar-refractivity contribution in [1.82, 2.24) is 10.3 Å². The first kappa shape index (κ1) is 12.6. The molecule has 1 aromatic rings. The molecular formula is C11H16N2O3.